The summed E-state index contributed by atoms with van der Waals surface area (Å²) in [6.45, 7) is 4.78. The fraction of sp³-hybridized carbons (Fsp3) is 0.158. The molecule has 10 rings (SSSR count). The van der Waals surface area contributed by atoms with E-state index in [4.69, 9.17) is 0 Å². The maximum atomic E-state index is 2.55. The molecule has 3 aliphatic rings. The molecule has 1 heterocycles. The number of fused-ring (bicyclic) bond motifs is 3. The van der Waals surface area contributed by atoms with Gasteiger partial charge in [0.1, 0.15) is 0 Å². The summed E-state index contributed by atoms with van der Waals surface area (Å²) in [5.74, 6) is 0. The third-order valence-electron chi connectivity index (χ3n) is 13.0. The quantitative estimate of drug-likeness (QED) is 0.134. The zero-order valence-electron chi connectivity index (χ0n) is 33.9. The van der Waals surface area contributed by atoms with E-state index >= 15 is 0 Å². The highest BCUT2D eigenvalue weighted by Gasteiger charge is 2.43. The average molecular weight is 780 g/mol. The molecule has 2 heteroatoms. The molecule has 1 atom stereocenters. The number of hydrogen-bond acceptors (Lipinski definition) is 2. The first-order chi connectivity index (χ1) is 29.1. The number of hydrogen-bond donors (Lipinski definition) is 0. The van der Waals surface area contributed by atoms with E-state index in [1.54, 1.807) is 5.57 Å². The minimum absolute atomic E-state index is 0.00685. The van der Waals surface area contributed by atoms with Crippen molar-refractivity contribution in [3.8, 4) is 32.7 Å². The summed E-state index contributed by atoms with van der Waals surface area (Å²) in [5.41, 5.74) is 17.5. The van der Waals surface area contributed by atoms with Crippen LogP contribution < -0.4 is 4.90 Å². The lowest BCUT2D eigenvalue weighted by molar-refractivity contribution is 0.484. The SMILES string of the molecule is CCC1(CC)C2=C(CCC(/C=C/c3ccc(-c4cc(-c5ccccc5)ccc4-c4cc5ccccc5s4)cc3)=C2)c2ccc(N(c3ccccc3)C3C=CC=CC3)cc21. The van der Waals surface area contributed by atoms with Gasteiger partial charge in [-0.3, -0.25) is 0 Å². The minimum Gasteiger partial charge on any atom is -0.334 e. The van der Waals surface area contributed by atoms with Crippen molar-refractivity contribution < 1.29 is 0 Å². The van der Waals surface area contributed by atoms with Crippen molar-refractivity contribution in [3.05, 3.63) is 216 Å². The minimum atomic E-state index is 0.00685. The van der Waals surface area contributed by atoms with Crippen LogP contribution in [0.15, 0.2) is 199 Å². The molecule has 0 fully saturated rings. The predicted molar refractivity (Wildman–Crippen MR) is 255 cm³/mol. The van der Waals surface area contributed by atoms with Gasteiger partial charge in [-0.05, 0) is 141 Å². The van der Waals surface area contributed by atoms with Gasteiger partial charge >= 0.3 is 0 Å². The molecule has 1 nitrogen and oxygen atoms in total. The van der Waals surface area contributed by atoms with Gasteiger partial charge in [0, 0.05) is 26.4 Å². The van der Waals surface area contributed by atoms with Crippen molar-refractivity contribution in [3.63, 3.8) is 0 Å². The second-order valence-electron chi connectivity index (χ2n) is 16.2. The van der Waals surface area contributed by atoms with Crippen LogP contribution in [0.1, 0.15) is 62.6 Å². The number of para-hydroxylation sites is 1. The van der Waals surface area contributed by atoms with Crippen LogP contribution in [-0.2, 0) is 5.41 Å². The number of rotatable bonds is 10. The molecular weight excluding hydrogens is 731 g/mol. The summed E-state index contributed by atoms with van der Waals surface area (Å²) >= 11 is 1.87. The molecule has 0 aliphatic heterocycles. The average Bonchev–Trinajstić information content (AvgIpc) is 3.86. The Hall–Kier alpha value is -6.22. The lowest BCUT2D eigenvalue weighted by atomic mass is 9.71. The number of nitrogens with zero attached hydrogens (tertiary/aromatic N) is 1. The van der Waals surface area contributed by atoms with E-state index in [0.29, 0.717) is 0 Å². The molecule has 0 radical (unpaired) electrons. The standard InChI is InChI=1S/C57H49NS/c1-3-57(4-2)53-36-41(28-33-49(53)50-35-32-48(39-54(50)57)58(46-19-10-6-11-20-46)47-21-12-7-13-22-47)25-24-40-26-29-43(30-27-40)52-37-44(42-16-8-5-9-17-42)31-34-51(52)56-38-45-18-14-15-23-55(45)59-56/h5-21,23-27,29-32,34-39,47H,3-4,22,28,33H2,1-2H3/b25-24+. The number of thiophene rings is 1. The highest BCUT2D eigenvalue weighted by atomic mass is 32.1. The van der Waals surface area contributed by atoms with Crippen LogP contribution in [0.4, 0.5) is 11.4 Å². The van der Waals surface area contributed by atoms with E-state index in [-0.39, 0.29) is 11.5 Å². The van der Waals surface area contributed by atoms with Crippen molar-refractivity contribution in [1.29, 1.82) is 0 Å². The van der Waals surface area contributed by atoms with Gasteiger partial charge in [-0.2, -0.15) is 0 Å². The molecular formula is C57H49NS. The number of benzene rings is 6. The molecule has 0 amide bonds. The smallest absolute Gasteiger partial charge is 0.0559 e. The van der Waals surface area contributed by atoms with Crippen molar-refractivity contribution >= 4 is 44.4 Å². The van der Waals surface area contributed by atoms with E-state index < -0.39 is 0 Å². The van der Waals surface area contributed by atoms with E-state index in [0.717, 1.165) is 32.1 Å². The van der Waals surface area contributed by atoms with Crippen LogP contribution in [0.2, 0.25) is 0 Å². The van der Waals surface area contributed by atoms with Crippen LogP contribution in [0.3, 0.4) is 0 Å². The van der Waals surface area contributed by atoms with Crippen LogP contribution >= 0.6 is 11.3 Å². The Morgan fingerprint density at radius 3 is 2.14 bits per heavy atom. The van der Waals surface area contributed by atoms with E-state index in [1.165, 1.54) is 82.0 Å². The van der Waals surface area contributed by atoms with Gasteiger partial charge in [-0.25, -0.2) is 0 Å². The molecule has 0 spiro atoms. The number of allylic oxidation sites excluding steroid dienone is 7. The Labute approximate surface area is 353 Å². The monoisotopic (exact) mass is 779 g/mol. The Morgan fingerprint density at radius 2 is 1.37 bits per heavy atom. The third-order valence-corrected chi connectivity index (χ3v) is 14.2. The van der Waals surface area contributed by atoms with Gasteiger partial charge < -0.3 is 4.90 Å². The van der Waals surface area contributed by atoms with Gasteiger partial charge in [-0.1, -0.05) is 166 Å². The van der Waals surface area contributed by atoms with Crippen LogP contribution in [0.5, 0.6) is 0 Å². The second-order valence-corrected chi connectivity index (χ2v) is 17.3. The summed E-state index contributed by atoms with van der Waals surface area (Å²) in [7, 11) is 0. The molecule has 7 aromatic rings. The molecule has 59 heavy (non-hydrogen) atoms. The molecule has 288 valence electrons. The largest absolute Gasteiger partial charge is 0.334 e. The third kappa shape index (κ3) is 6.86. The van der Waals surface area contributed by atoms with Crippen molar-refractivity contribution in [2.45, 2.75) is 57.4 Å². The molecule has 0 bridgehead atoms. The highest BCUT2D eigenvalue weighted by Crippen LogP contribution is 2.55. The molecule has 3 aliphatic carbocycles. The van der Waals surface area contributed by atoms with E-state index in [9.17, 15) is 0 Å². The van der Waals surface area contributed by atoms with Gasteiger partial charge in [0.2, 0.25) is 0 Å². The molecule has 0 saturated carbocycles. The molecule has 1 unspecified atom stereocenters. The van der Waals surface area contributed by atoms with Crippen LogP contribution in [0, 0.1) is 0 Å². The highest BCUT2D eigenvalue weighted by molar-refractivity contribution is 7.22. The first-order valence-electron chi connectivity index (χ1n) is 21.4. The fourth-order valence-corrected chi connectivity index (χ4v) is 11.0. The first-order valence-corrected chi connectivity index (χ1v) is 22.2. The summed E-state index contributed by atoms with van der Waals surface area (Å²) in [6, 6.07) is 56.5. The van der Waals surface area contributed by atoms with Crippen LogP contribution in [-0.4, -0.2) is 6.04 Å². The Kier molecular flexibility index (Phi) is 9.96. The summed E-state index contributed by atoms with van der Waals surface area (Å²) in [6.07, 6.45) is 21.5. The van der Waals surface area contributed by atoms with E-state index in [2.05, 4.69) is 213 Å². The Bertz CT molecular complexity index is 2770. The Balaban J connectivity index is 0.950. The zero-order valence-corrected chi connectivity index (χ0v) is 34.8. The van der Waals surface area contributed by atoms with Crippen molar-refractivity contribution in [2.24, 2.45) is 0 Å². The van der Waals surface area contributed by atoms with E-state index in [1.807, 2.05) is 11.3 Å². The van der Waals surface area contributed by atoms with Gasteiger partial charge in [0.15, 0.2) is 0 Å². The zero-order chi connectivity index (χ0) is 39.8. The van der Waals surface area contributed by atoms with Gasteiger partial charge in [0.25, 0.3) is 0 Å². The Morgan fingerprint density at radius 1 is 0.627 bits per heavy atom. The van der Waals surface area contributed by atoms with Gasteiger partial charge in [0.05, 0.1) is 6.04 Å². The lowest BCUT2D eigenvalue weighted by Crippen LogP contribution is -2.30. The van der Waals surface area contributed by atoms with Crippen molar-refractivity contribution in [1.82, 2.24) is 0 Å². The molecule has 1 aromatic heterocycles. The maximum absolute atomic E-state index is 2.55. The maximum Gasteiger partial charge on any atom is 0.0559 e. The summed E-state index contributed by atoms with van der Waals surface area (Å²) < 4.78 is 1.32. The second kappa shape index (κ2) is 15.9. The van der Waals surface area contributed by atoms with Crippen LogP contribution in [0.25, 0.3) is 54.4 Å². The summed E-state index contributed by atoms with van der Waals surface area (Å²) in [4.78, 5) is 3.84. The predicted octanol–water partition coefficient (Wildman–Crippen LogP) is 16.2. The normalized spacial score (nSPS) is 16.7. The molecule has 0 N–H and O–H groups in total. The summed E-state index contributed by atoms with van der Waals surface area (Å²) in [5, 5.41) is 1.30. The van der Waals surface area contributed by atoms with Crippen molar-refractivity contribution in [2.75, 3.05) is 4.90 Å². The fourth-order valence-electron chi connectivity index (χ4n) is 9.86. The lowest BCUT2D eigenvalue weighted by Gasteiger charge is -2.35. The first kappa shape index (κ1) is 37.1. The van der Waals surface area contributed by atoms with Gasteiger partial charge in [-0.15, -0.1) is 11.3 Å². The topological polar surface area (TPSA) is 3.24 Å². The number of anilines is 2. The molecule has 6 aromatic carbocycles. The molecule has 0 saturated heterocycles.